The highest BCUT2D eigenvalue weighted by Gasteiger charge is 2.17. The first-order valence-corrected chi connectivity index (χ1v) is 10.1. The van der Waals surface area contributed by atoms with E-state index in [1.807, 2.05) is 48.5 Å². The van der Waals surface area contributed by atoms with Crippen molar-refractivity contribution in [2.45, 2.75) is 0 Å². The van der Waals surface area contributed by atoms with Gasteiger partial charge in [-0.25, -0.2) is 9.78 Å². The molecule has 1 N–H and O–H groups in total. The third kappa shape index (κ3) is 4.97. The zero-order chi connectivity index (χ0) is 23.2. The number of anilines is 1. The molecule has 4 aromatic rings. The summed E-state index contributed by atoms with van der Waals surface area (Å²) < 4.78 is 10.5. The number of pyridine rings is 1. The molecule has 0 aliphatic heterocycles. The minimum atomic E-state index is -0.627. The summed E-state index contributed by atoms with van der Waals surface area (Å²) in [5.41, 5.74) is 3.36. The van der Waals surface area contributed by atoms with Crippen molar-refractivity contribution in [2.75, 3.05) is 19.0 Å². The van der Waals surface area contributed by atoms with Crippen molar-refractivity contribution in [3.63, 3.8) is 0 Å². The molecule has 0 bridgehead atoms. The molecular weight excluding hydrogens is 418 g/mol. The van der Waals surface area contributed by atoms with Gasteiger partial charge in [-0.2, -0.15) is 5.26 Å². The molecule has 0 spiro atoms. The van der Waals surface area contributed by atoms with E-state index in [4.69, 9.17) is 14.7 Å². The number of para-hydroxylation sites is 1. The van der Waals surface area contributed by atoms with Gasteiger partial charge in [0.2, 0.25) is 0 Å². The molecule has 0 atom stereocenters. The molecule has 0 fully saturated rings. The first kappa shape index (κ1) is 21.5. The van der Waals surface area contributed by atoms with Crippen molar-refractivity contribution in [1.82, 2.24) is 4.98 Å². The molecule has 7 heteroatoms. The number of ether oxygens (including phenoxy) is 2. The van der Waals surface area contributed by atoms with Gasteiger partial charge in [-0.15, -0.1) is 0 Å². The van der Waals surface area contributed by atoms with Crippen LogP contribution in [0.3, 0.4) is 0 Å². The fourth-order valence-electron chi connectivity index (χ4n) is 3.29. The quantitative estimate of drug-likeness (QED) is 0.443. The van der Waals surface area contributed by atoms with E-state index in [2.05, 4.69) is 10.3 Å². The Hall–Kier alpha value is -4.70. The average molecular weight is 437 g/mol. The van der Waals surface area contributed by atoms with Crippen LogP contribution >= 0.6 is 0 Å². The number of esters is 1. The Morgan fingerprint density at radius 2 is 1.73 bits per heavy atom. The first-order chi connectivity index (χ1) is 16.1. The van der Waals surface area contributed by atoms with E-state index in [0.717, 1.165) is 5.56 Å². The minimum Gasteiger partial charge on any atom is -0.497 e. The lowest BCUT2D eigenvalue weighted by molar-refractivity contribution is -0.119. The molecule has 162 valence electrons. The van der Waals surface area contributed by atoms with Crippen LogP contribution in [0.25, 0.3) is 22.2 Å². The van der Waals surface area contributed by atoms with Gasteiger partial charge in [0.15, 0.2) is 6.61 Å². The number of carbonyl (C=O) groups is 2. The lowest BCUT2D eigenvalue weighted by Crippen LogP contribution is -2.21. The van der Waals surface area contributed by atoms with Crippen LogP contribution in [0, 0.1) is 11.3 Å². The van der Waals surface area contributed by atoms with Crippen LogP contribution in [0.15, 0.2) is 78.9 Å². The normalized spacial score (nSPS) is 10.3. The number of fused-ring (bicyclic) bond motifs is 1. The number of carbonyl (C=O) groups excluding carboxylic acids is 2. The predicted octanol–water partition coefficient (Wildman–Crippen LogP) is 4.58. The second-order valence-corrected chi connectivity index (χ2v) is 7.11. The number of nitriles is 1. The third-order valence-corrected chi connectivity index (χ3v) is 4.95. The highest BCUT2D eigenvalue weighted by atomic mass is 16.5. The Balaban J connectivity index is 1.54. The number of hydrogen-bond acceptors (Lipinski definition) is 6. The van der Waals surface area contributed by atoms with Gasteiger partial charge in [-0.3, -0.25) is 4.79 Å². The molecule has 1 amide bonds. The highest BCUT2D eigenvalue weighted by Crippen LogP contribution is 2.27. The van der Waals surface area contributed by atoms with Crippen LogP contribution in [-0.4, -0.2) is 30.6 Å². The van der Waals surface area contributed by atoms with E-state index in [-0.39, 0.29) is 0 Å². The first-order valence-electron chi connectivity index (χ1n) is 10.1. The third-order valence-electron chi connectivity index (χ3n) is 4.95. The lowest BCUT2D eigenvalue weighted by Gasteiger charge is -2.11. The summed E-state index contributed by atoms with van der Waals surface area (Å²) in [6.07, 6.45) is 0. The molecule has 3 aromatic carbocycles. The number of rotatable bonds is 6. The largest absolute Gasteiger partial charge is 0.497 e. The summed E-state index contributed by atoms with van der Waals surface area (Å²) >= 11 is 0. The zero-order valence-corrected chi connectivity index (χ0v) is 17.7. The summed E-state index contributed by atoms with van der Waals surface area (Å²) in [7, 11) is 1.59. The highest BCUT2D eigenvalue weighted by molar-refractivity contribution is 6.05. The van der Waals surface area contributed by atoms with Gasteiger partial charge in [-0.1, -0.05) is 18.2 Å². The van der Waals surface area contributed by atoms with Crippen LogP contribution in [0.5, 0.6) is 5.75 Å². The molecule has 0 saturated carbocycles. The lowest BCUT2D eigenvalue weighted by atomic mass is 10.0. The maximum Gasteiger partial charge on any atom is 0.339 e. The van der Waals surface area contributed by atoms with E-state index in [9.17, 15) is 9.59 Å². The van der Waals surface area contributed by atoms with Crippen LogP contribution in [0.1, 0.15) is 15.9 Å². The monoisotopic (exact) mass is 437 g/mol. The van der Waals surface area contributed by atoms with Crippen molar-refractivity contribution in [1.29, 1.82) is 5.26 Å². The van der Waals surface area contributed by atoms with Crippen LogP contribution < -0.4 is 10.1 Å². The van der Waals surface area contributed by atoms with Crippen LogP contribution in [0.4, 0.5) is 5.69 Å². The number of amides is 1. The van der Waals surface area contributed by atoms with Gasteiger partial charge in [0, 0.05) is 16.6 Å². The van der Waals surface area contributed by atoms with Crippen molar-refractivity contribution in [3.05, 3.63) is 90.0 Å². The molecular formula is C26H19N3O4. The SMILES string of the molecule is COc1ccc(-c2cc(C(=O)OCC(=O)Nc3ccc(C#N)cc3)c3ccccc3n2)cc1. The number of aromatic nitrogens is 1. The molecule has 33 heavy (non-hydrogen) atoms. The summed E-state index contributed by atoms with van der Waals surface area (Å²) in [4.78, 5) is 29.8. The van der Waals surface area contributed by atoms with E-state index in [1.165, 1.54) is 0 Å². The van der Waals surface area contributed by atoms with Crippen molar-refractivity contribution in [2.24, 2.45) is 0 Å². The second-order valence-electron chi connectivity index (χ2n) is 7.11. The van der Waals surface area contributed by atoms with Crippen molar-refractivity contribution >= 4 is 28.5 Å². The number of benzene rings is 3. The Bertz CT molecular complexity index is 1360. The molecule has 1 heterocycles. The summed E-state index contributed by atoms with van der Waals surface area (Å²) in [6.45, 7) is -0.451. The van der Waals surface area contributed by atoms with E-state index < -0.39 is 18.5 Å². The minimum absolute atomic E-state index is 0.317. The number of methoxy groups -OCH3 is 1. The maximum atomic E-state index is 12.9. The van der Waals surface area contributed by atoms with Gasteiger partial charge in [0.25, 0.3) is 5.91 Å². The molecule has 0 unspecified atom stereocenters. The molecule has 0 saturated heterocycles. The number of hydrogen-bond donors (Lipinski definition) is 1. The van der Waals surface area contributed by atoms with Crippen LogP contribution in [-0.2, 0) is 9.53 Å². The Kier molecular flexibility index (Phi) is 6.28. The molecule has 0 aliphatic carbocycles. The fraction of sp³-hybridized carbons (Fsp3) is 0.0769. The van der Waals surface area contributed by atoms with Gasteiger partial charge < -0.3 is 14.8 Å². The number of nitrogens with zero attached hydrogens (tertiary/aromatic N) is 2. The van der Waals surface area contributed by atoms with Crippen LogP contribution in [0.2, 0.25) is 0 Å². The smallest absolute Gasteiger partial charge is 0.339 e. The predicted molar refractivity (Wildman–Crippen MR) is 124 cm³/mol. The second kappa shape index (κ2) is 9.62. The summed E-state index contributed by atoms with van der Waals surface area (Å²) in [5, 5.41) is 12.1. The Morgan fingerprint density at radius 1 is 1.00 bits per heavy atom. The van der Waals surface area contributed by atoms with Gasteiger partial charge in [0.1, 0.15) is 5.75 Å². The van der Waals surface area contributed by atoms with Crippen molar-refractivity contribution < 1.29 is 19.1 Å². The van der Waals surface area contributed by atoms with Gasteiger partial charge in [-0.05, 0) is 60.7 Å². The zero-order valence-electron chi connectivity index (χ0n) is 17.7. The molecule has 7 nitrogen and oxygen atoms in total. The summed E-state index contributed by atoms with van der Waals surface area (Å²) in [6, 6.07) is 24.7. The molecule has 4 rings (SSSR count). The molecule has 0 radical (unpaired) electrons. The Morgan fingerprint density at radius 3 is 2.42 bits per heavy atom. The topological polar surface area (TPSA) is 101 Å². The van der Waals surface area contributed by atoms with E-state index >= 15 is 0 Å². The van der Waals surface area contributed by atoms with E-state index in [0.29, 0.717) is 39.2 Å². The molecule has 1 aromatic heterocycles. The maximum absolute atomic E-state index is 12.9. The standard InChI is InChI=1S/C26H19N3O4/c1-32-20-12-8-18(9-13-20)24-14-22(21-4-2-3-5-23(21)29-24)26(31)33-16-25(30)28-19-10-6-17(15-27)7-11-19/h2-14H,16H2,1H3,(H,28,30). The van der Waals surface area contributed by atoms with E-state index in [1.54, 1.807) is 43.5 Å². The molecule has 0 aliphatic rings. The Labute approximate surface area is 190 Å². The fourth-order valence-corrected chi connectivity index (χ4v) is 3.29. The average Bonchev–Trinajstić information content (AvgIpc) is 2.87. The summed E-state index contributed by atoms with van der Waals surface area (Å²) in [5.74, 6) is -0.396. The van der Waals surface area contributed by atoms with Gasteiger partial charge in [0.05, 0.1) is 35.5 Å². The van der Waals surface area contributed by atoms with Gasteiger partial charge >= 0.3 is 5.97 Å². The van der Waals surface area contributed by atoms with Crippen molar-refractivity contribution in [3.8, 4) is 23.1 Å². The number of nitrogens with one attached hydrogen (secondary N) is 1.